The van der Waals surface area contributed by atoms with Crippen LogP contribution in [0.15, 0.2) is 24.5 Å². The molecule has 0 unspecified atom stereocenters. The summed E-state index contributed by atoms with van der Waals surface area (Å²) >= 11 is 0. The molecule has 1 fully saturated rings. The zero-order valence-electron chi connectivity index (χ0n) is 8.47. The molecule has 15 heavy (non-hydrogen) atoms. The Kier molecular flexibility index (Phi) is 2.97. The van der Waals surface area contributed by atoms with Crippen LogP contribution in [0.5, 0.6) is 0 Å². The second-order valence-electron chi connectivity index (χ2n) is 3.72. The summed E-state index contributed by atoms with van der Waals surface area (Å²) in [7, 11) is 0. The van der Waals surface area contributed by atoms with Crippen molar-refractivity contribution in [3.63, 3.8) is 0 Å². The molecular formula is C11H14N2O2. The van der Waals surface area contributed by atoms with E-state index in [0.29, 0.717) is 5.56 Å². The maximum atomic E-state index is 12.0. The van der Waals surface area contributed by atoms with Gasteiger partial charge in [0.2, 0.25) is 0 Å². The third kappa shape index (κ3) is 1.99. The van der Waals surface area contributed by atoms with Crippen molar-refractivity contribution in [3.8, 4) is 0 Å². The fourth-order valence-corrected chi connectivity index (χ4v) is 1.95. The van der Waals surface area contributed by atoms with Crippen molar-refractivity contribution >= 4 is 5.91 Å². The fourth-order valence-electron chi connectivity index (χ4n) is 1.95. The van der Waals surface area contributed by atoms with Gasteiger partial charge in [0.25, 0.3) is 5.91 Å². The number of hydrogen-bond acceptors (Lipinski definition) is 3. The number of aliphatic hydroxyl groups is 1. The second-order valence-corrected chi connectivity index (χ2v) is 3.72. The van der Waals surface area contributed by atoms with Gasteiger partial charge in [-0.05, 0) is 25.0 Å². The Balaban J connectivity index is 2.14. The first-order valence-electron chi connectivity index (χ1n) is 5.15. The Morgan fingerprint density at radius 2 is 2.53 bits per heavy atom. The molecule has 1 aromatic rings. The molecule has 0 aromatic carbocycles. The number of pyridine rings is 1. The Morgan fingerprint density at radius 1 is 1.67 bits per heavy atom. The predicted molar refractivity (Wildman–Crippen MR) is 55.4 cm³/mol. The summed E-state index contributed by atoms with van der Waals surface area (Å²) in [4.78, 5) is 17.6. The molecule has 4 heteroatoms. The van der Waals surface area contributed by atoms with Gasteiger partial charge in [0.15, 0.2) is 0 Å². The van der Waals surface area contributed by atoms with E-state index >= 15 is 0 Å². The number of aromatic nitrogens is 1. The van der Waals surface area contributed by atoms with Crippen molar-refractivity contribution in [2.24, 2.45) is 0 Å². The van der Waals surface area contributed by atoms with Gasteiger partial charge < -0.3 is 10.0 Å². The SMILES string of the molecule is O=C(c1cccnc1)N1CCC[C@H]1CO. The number of amides is 1. The molecule has 2 heterocycles. The van der Waals surface area contributed by atoms with Crippen LogP contribution < -0.4 is 0 Å². The summed E-state index contributed by atoms with van der Waals surface area (Å²) in [6, 6.07) is 3.48. The number of likely N-dealkylation sites (tertiary alicyclic amines) is 1. The van der Waals surface area contributed by atoms with Gasteiger partial charge in [-0.2, -0.15) is 0 Å². The molecular weight excluding hydrogens is 192 g/mol. The summed E-state index contributed by atoms with van der Waals surface area (Å²) < 4.78 is 0. The molecule has 0 radical (unpaired) electrons. The highest BCUT2D eigenvalue weighted by atomic mass is 16.3. The van der Waals surface area contributed by atoms with Gasteiger partial charge in [0.05, 0.1) is 18.2 Å². The molecule has 1 amide bonds. The van der Waals surface area contributed by atoms with Gasteiger partial charge >= 0.3 is 0 Å². The van der Waals surface area contributed by atoms with Gasteiger partial charge in [0.1, 0.15) is 0 Å². The van der Waals surface area contributed by atoms with Crippen molar-refractivity contribution < 1.29 is 9.90 Å². The first-order chi connectivity index (χ1) is 7.33. The van der Waals surface area contributed by atoms with E-state index in [4.69, 9.17) is 5.11 Å². The zero-order chi connectivity index (χ0) is 10.7. The highest BCUT2D eigenvalue weighted by Crippen LogP contribution is 2.19. The van der Waals surface area contributed by atoms with Crippen molar-refractivity contribution in [1.29, 1.82) is 0 Å². The predicted octanol–water partition coefficient (Wildman–Crippen LogP) is 0.678. The highest BCUT2D eigenvalue weighted by Gasteiger charge is 2.28. The normalized spacial score (nSPS) is 20.6. The fraction of sp³-hybridized carbons (Fsp3) is 0.455. The quantitative estimate of drug-likeness (QED) is 0.774. The lowest BCUT2D eigenvalue weighted by Crippen LogP contribution is -2.37. The number of carbonyl (C=O) groups excluding carboxylic acids is 1. The van der Waals surface area contributed by atoms with Crippen LogP contribution >= 0.6 is 0 Å². The van der Waals surface area contributed by atoms with Gasteiger partial charge in [-0.1, -0.05) is 0 Å². The zero-order valence-corrected chi connectivity index (χ0v) is 8.47. The Hall–Kier alpha value is -1.42. The van der Waals surface area contributed by atoms with E-state index in [0.717, 1.165) is 19.4 Å². The van der Waals surface area contributed by atoms with Crippen LogP contribution in [-0.4, -0.2) is 40.1 Å². The maximum Gasteiger partial charge on any atom is 0.255 e. The average molecular weight is 206 g/mol. The van der Waals surface area contributed by atoms with Crippen LogP contribution in [0, 0.1) is 0 Å². The second kappa shape index (κ2) is 4.40. The molecule has 1 saturated heterocycles. The lowest BCUT2D eigenvalue weighted by atomic mass is 10.2. The molecule has 1 aliphatic rings. The lowest BCUT2D eigenvalue weighted by molar-refractivity contribution is 0.0677. The summed E-state index contributed by atoms with van der Waals surface area (Å²) in [5, 5.41) is 9.12. The van der Waals surface area contributed by atoms with Gasteiger partial charge in [-0.25, -0.2) is 0 Å². The number of carbonyl (C=O) groups is 1. The molecule has 2 rings (SSSR count). The van der Waals surface area contributed by atoms with E-state index < -0.39 is 0 Å². The third-order valence-corrected chi connectivity index (χ3v) is 2.76. The molecule has 0 spiro atoms. The van der Waals surface area contributed by atoms with Gasteiger partial charge in [-0.15, -0.1) is 0 Å². The molecule has 0 aliphatic carbocycles. The monoisotopic (exact) mass is 206 g/mol. The minimum absolute atomic E-state index is 0.0160. The smallest absolute Gasteiger partial charge is 0.255 e. The van der Waals surface area contributed by atoms with Crippen molar-refractivity contribution in [2.75, 3.05) is 13.2 Å². The van der Waals surface area contributed by atoms with Crippen LogP contribution in [0.3, 0.4) is 0 Å². The van der Waals surface area contributed by atoms with Crippen LogP contribution in [0.25, 0.3) is 0 Å². The molecule has 80 valence electrons. The molecule has 0 bridgehead atoms. The Labute approximate surface area is 88.6 Å². The van der Waals surface area contributed by atoms with E-state index in [2.05, 4.69) is 4.98 Å². The standard InChI is InChI=1S/C11H14N2O2/c14-8-10-4-2-6-13(10)11(15)9-3-1-5-12-7-9/h1,3,5,7,10,14H,2,4,6,8H2/t10-/m0/s1. The van der Waals surface area contributed by atoms with Gasteiger partial charge in [0, 0.05) is 18.9 Å². The highest BCUT2D eigenvalue weighted by molar-refractivity contribution is 5.94. The summed E-state index contributed by atoms with van der Waals surface area (Å²) in [5.74, 6) is -0.0281. The molecule has 0 saturated carbocycles. The lowest BCUT2D eigenvalue weighted by Gasteiger charge is -2.22. The number of nitrogens with zero attached hydrogens (tertiary/aromatic N) is 2. The van der Waals surface area contributed by atoms with Crippen LogP contribution in [0.2, 0.25) is 0 Å². The van der Waals surface area contributed by atoms with E-state index in [1.807, 2.05) is 0 Å². The molecule has 1 atom stereocenters. The van der Waals surface area contributed by atoms with Crippen molar-refractivity contribution in [3.05, 3.63) is 30.1 Å². The van der Waals surface area contributed by atoms with E-state index in [1.54, 1.807) is 29.4 Å². The molecule has 1 aliphatic heterocycles. The third-order valence-electron chi connectivity index (χ3n) is 2.76. The number of rotatable bonds is 2. The largest absolute Gasteiger partial charge is 0.394 e. The van der Waals surface area contributed by atoms with Crippen molar-refractivity contribution in [2.45, 2.75) is 18.9 Å². The van der Waals surface area contributed by atoms with E-state index in [1.165, 1.54) is 0 Å². The first-order valence-corrected chi connectivity index (χ1v) is 5.15. The number of aliphatic hydroxyl groups excluding tert-OH is 1. The number of hydrogen-bond donors (Lipinski definition) is 1. The van der Waals surface area contributed by atoms with Gasteiger partial charge in [-0.3, -0.25) is 9.78 Å². The van der Waals surface area contributed by atoms with E-state index in [-0.39, 0.29) is 18.6 Å². The first kappa shape index (κ1) is 10.1. The topological polar surface area (TPSA) is 53.4 Å². The minimum Gasteiger partial charge on any atom is -0.394 e. The molecule has 4 nitrogen and oxygen atoms in total. The van der Waals surface area contributed by atoms with Crippen molar-refractivity contribution in [1.82, 2.24) is 9.88 Å². The molecule has 1 aromatic heterocycles. The Bertz CT molecular complexity index is 340. The average Bonchev–Trinajstić information content (AvgIpc) is 2.77. The maximum absolute atomic E-state index is 12.0. The summed E-state index contributed by atoms with van der Waals surface area (Å²) in [5.41, 5.74) is 0.595. The Morgan fingerprint density at radius 3 is 3.20 bits per heavy atom. The van der Waals surface area contributed by atoms with Crippen LogP contribution in [-0.2, 0) is 0 Å². The van der Waals surface area contributed by atoms with E-state index in [9.17, 15) is 4.79 Å². The summed E-state index contributed by atoms with van der Waals surface area (Å²) in [6.45, 7) is 0.783. The van der Waals surface area contributed by atoms with Crippen LogP contribution in [0.4, 0.5) is 0 Å². The van der Waals surface area contributed by atoms with Crippen LogP contribution in [0.1, 0.15) is 23.2 Å². The summed E-state index contributed by atoms with van der Waals surface area (Å²) in [6.07, 6.45) is 5.07. The minimum atomic E-state index is -0.0281. The molecule has 1 N–H and O–H groups in total.